The molecule has 1 unspecified atom stereocenters. The normalized spacial score (nSPS) is 30.3. The summed E-state index contributed by atoms with van der Waals surface area (Å²) < 4.78 is 13.6. The Kier molecular flexibility index (Phi) is 3.36. The Morgan fingerprint density at radius 2 is 1.91 bits per heavy atom. The van der Waals surface area contributed by atoms with Gasteiger partial charge in [0.15, 0.2) is 0 Å². The first-order valence-corrected chi connectivity index (χ1v) is 8.36. The maximum absolute atomic E-state index is 13.6. The first kappa shape index (κ1) is 14.6. The van der Waals surface area contributed by atoms with Crippen LogP contribution in [-0.2, 0) is 4.79 Å². The summed E-state index contributed by atoms with van der Waals surface area (Å²) >= 11 is 0. The summed E-state index contributed by atoms with van der Waals surface area (Å²) in [6.07, 6.45) is 7.56. The van der Waals surface area contributed by atoms with Crippen LogP contribution in [0, 0.1) is 17.2 Å². The average Bonchev–Trinajstić information content (AvgIpc) is 2.53. The highest BCUT2D eigenvalue weighted by molar-refractivity contribution is 5.82. The summed E-state index contributed by atoms with van der Waals surface area (Å²) in [6.45, 7) is 0. The fraction of sp³-hybridized carbons (Fsp3) is 0.474. The molecule has 1 N–H and O–H groups in total. The Morgan fingerprint density at radius 3 is 2.57 bits per heavy atom. The van der Waals surface area contributed by atoms with E-state index in [0.717, 1.165) is 55.0 Å². The zero-order valence-corrected chi connectivity index (χ0v) is 13.0. The number of aliphatic carboxylic acids is 1. The minimum absolute atomic E-state index is 0.0242. The first-order valence-electron chi connectivity index (χ1n) is 8.36. The summed E-state index contributed by atoms with van der Waals surface area (Å²) in [4.78, 5) is 15.7. The van der Waals surface area contributed by atoms with E-state index in [2.05, 4.69) is 4.98 Å². The van der Waals surface area contributed by atoms with Gasteiger partial charge in [0.1, 0.15) is 5.82 Å². The molecular formula is C19H20FNO2. The van der Waals surface area contributed by atoms with Crippen LogP contribution >= 0.6 is 0 Å². The average molecular weight is 313 g/mol. The van der Waals surface area contributed by atoms with Gasteiger partial charge in [0, 0.05) is 11.6 Å². The number of fused-ring (bicyclic) bond motifs is 1. The Balaban J connectivity index is 1.60. The van der Waals surface area contributed by atoms with Crippen molar-refractivity contribution in [3.63, 3.8) is 0 Å². The van der Waals surface area contributed by atoms with Crippen molar-refractivity contribution in [1.29, 1.82) is 0 Å². The Morgan fingerprint density at radius 1 is 1.17 bits per heavy atom. The van der Waals surface area contributed by atoms with E-state index in [4.69, 9.17) is 0 Å². The Hall–Kier alpha value is -1.97. The van der Waals surface area contributed by atoms with E-state index >= 15 is 0 Å². The lowest BCUT2D eigenvalue weighted by molar-refractivity contribution is -0.157. The van der Waals surface area contributed by atoms with E-state index < -0.39 is 5.97 Å². The predicted octanol–water partition coefficient (Wildman–Crippen LogP) is 4.51. The van der Waals surface area contributed by atoms with Crippen LogP contribution in [0.1, 0.15) is 50.0 Å². The monoisotopic (exact) mass is 313 g/mol. The van der Waals surface area contributed by atoms with Crippen LogP contribution in [0.3, 0.4) is 0 Å². The van der Waals surface area contributed by atoms with Crippen molar-refractivity contribution in [3.05, 3.63) is 41.8 Å². The third-order valence-electron chi connectivity index (χ3n) is 6.13. The number of aromatic nitrogens is 1. The van der Waals surface area contributed by atoms with Crippen LogP contribution in [0.25, 0.3) is 10.9 Å². The van der Waals surface area contributed by atoms with E-state index in [1.165, 1.54) is 6.07 Å². The van der Waals surface area contributed by atoms with Crippen LogP contribution in [-0.4, -0.2) is 16.1 Å². The molecule has 0 amide bonds. The third-order valence-corrected chi connectivity index (χ3v) is 6.13. The zero-order chi connectivity index (χ0) is 16.0. The molecule has 4 heteroatoms. The fourth-order valence-corrected chi connectivity index (χ4v) is 4.68. The molecule has 2 saturated carbocycles. The van der Waals surface area contributed by atoms with Gasteiger partial charge in [-0.1, -0.05) is 0 Å². The summed E-state index contributed by atoms with van der Waals surface area (Å²) in [5.74, 6) is -0.645. The van der Waals surface area contributed by atoms with Gasteiger partial charge in [-0.15, -0.1) is 0 Å². The molecule has 2 aliphatic rings. The lowest BCUT2D eigenvalue weighted by Crippen LogP contribution is -2.46. The van der Waals surface area contributed by atoms with E-state index in [0.29, 0.717) is 5.92 Å². The molecule has 1 atom stereocenters. The predicted molar refractivity (Wildman–Crippen MR) is 85.7 cm³/mol. The molecule has 1 aromatic heterocycles. The molecule has 1 heterocycles. The second-order valence-corrected chi connectivity index (χ2v) is 7.13. The quantitative estimate of drug-likeness (QED) is 0.887. The number of rotatable bonds is 2. The number of benzene rings is 1. The lowest BCUT2D eigenvalue weighted by Gasteiger charge is -2.51. The topological polar surface area (TPSA) is 50.2 Å². The van der Waals surface area contributed by atoms with Crippen molar-refractivity contribution < 1.29 is 14.3 Å². The zero-order valence-electron chi connectivity index (χ0n) is 13.0. The Labute approximate surface area is 134 Å². The maximum Gasteiger partial charge on any atom is 0.307 e. The largest absolute Gasteiger partial charge is 0.481 e. The van der Waals surface area contributed by atoms with Gasteiger partial charge in [-0.3, -0.25) is 9.78 Å². The van der Waals surface area contributed by atoms with Gasteiger partial charge in [-0.2, -0.15) is 0 Å². The summed E-state index contributed by atoms with van der Waals surface area (Å²) in [6, 6.07) is 6.75. The van der Waals surface area contributed by atoms with Crippen molar-refractivity contribution >= 4 is 16.9 Å². The smallest absolute Gasteiger partial charge is 0.307 e. The molecule has 0 bridgehead atoms. The molecule has 2 aliphatic carbocycles. The third kappa shape index (κ3) is 2.32. The number of hydrogen-bond donors (Lipinski definition) is 1. The number of hydrogen-bond acceptors (Lipinski definition) is 2. The lowest BCUT2D eigenvalue weighted by atomic mass is 9.52. The standard InChI is InChI=1S/C19H20FNO2/c20-13-1-2-17-15(11-13)14(6-10-21-17)12-3-7-19(8-4-12)9-5-16(19)18(22)23/h1-2,6,10-12,16H,3-5,7-9H2,(H,22,23). The van der Waals surface area contributed by atoms with Crippen molar-refractivity contribution in [2.45, 2.75) is 44.4 Å². The second-order valence-electron chi connectivity index (χ2n) is 7.13. The highest BCUT2D eigenvalue weighted by atomic mass is 19.1. The number of halogens is 1. The van der Waals surface area contributed by atoms with E-state index in [1.807, 2.05) is 6.07 Å². The summed E-state index contributed by atoms with van der Waals surface area (Å²) in [7, 11) is 0. The molecular weight excluding hydrogens is 293 g/mol. The number of nitrogens with zero attached hydrogens (tertiary/aromatic N) is 1. The molecule has 1 aromatic carbocycles. The molecule has 2 fully saturated rings. The van der Waals surface area contributed by atoms with Crippen LogP contribution in [0.5, 0.6) is 0 Å². The highest BCUT2D eigenvalue weighted by Gasteiger charge is 2.51. The highest BCUT2D eigenvalue weighted by Crippen LogP contribution is 2.58. The molecule has 0 aliphatic heterocycles. The molecule has 2 aromatic rings. The van der Waals surface area contributed by atoms with Gasteiger partial charge in [0.05, 0.1) is 11.4 Å². The number of carboxylic acids is 1. The number of pyridine rings is 1. The molecule has 0 radical (unpaired) electrons. The van der Waals surface area contributed by atoms with E-state index in [-0.39, 0.29) is 17.2 Å². The van der Waals surface area contributed by atoms with Gasteiger partial charge in [-0.05, 0) is 79.7 Å². The number of carbonyl (C=O) groups is 1. The van der Waals surface area contributed by atoms with Gasteiger partial charge in [0.25, 0.3) is 0 Å². The van der Waals surface area contributed by atoms with Crippen LogP contribution in [0.15, 0.2) is 30.5 Å². The Bertz CT molecular complexity index is 765. The molecule has 120 valence electrons. The van der Waals surface area contributed by atoms with Crippen molar-refractivity contribution in [1.82, 2.24) is 4.98 Å². The summed E-state index contributed by atoms with van der Waals surface area (Å²) in [5, 5.41) is 10.3. The minimum atomic E-state index is -0.633. The summed E-state index contributed by atoms with van der Waals surface area (Å²) in [5.41, 5.74) is 2.02. The van der Waals surface area contributed by atoms with E-state index in [1.54, 1.807) is 18.3 Å². The molecule has 1 spiro atoms. The molecule has 3 nitrogen and oxygen atoms in total. The minimum Gasteiger partial charge on any atom is -0.481 e. The molecule has 23 heavy (non-hydrogen) atoms. The van der Waals surface area contributed by atoms with Crippen molar-refractivity contribution in [3.8, 4) is 0 Å². The van der Waals surface area contributed by atoms with Crippen LogP contribution < -0.4 is 0 Å². The second kappa shape index (κ2) is 5.29. The SMILES string of the molecule is O=C(O)C1CCC12CCC(c1ccnc3ccc(F)cc13)CC2. The fourth-order valence-electron chi connectivity index (χ4n) is 4.68. The number of carboxylic acid groups (broad SMARTS) is 1. The van der Waals surface area contributed by atoms with Gasteiger partial charge in [0.2, 0.25) is 0 Å². The first-order chi connectivity index (χ1) is 11.1. The van der Waals surface area contributed by atoms with Crippen LogP contribution in [0.4, 0.5) is 4.39 Å². The van der Waals surface area contributed by atoms with Crippen molar-refractivity contribution in [2.24, 2.45) is 11.3 Å². The van der Waals surface area contributed by atoms with Crippen molar-refractivity contribution in [2.75, 3.05) is 0 Å². The van der Waals surface area contributed by atoms with Crippen LogP contribution in [0.2, 0.25) is 0 Å². The molecule has 0 saturated heterocycles. The van der Waals surface area contributed by atoms with Gasteiger partial charge >= 0.3 is 5.97 Å². The van der Waals surface area contributed by atoms with Gasteiger partial charge in [-0.25, -0.2) is 4.39 Å². The van der Waals surface area contributed by atoms with E-state index in [9.17, 15) is 14.3 Å². The van der Waals surface area contributed by atoms with Gasteiger partial charge < -0.3 is 5.11 Å². The maximum atomic E-state index is 13.6. The molecule has 4 rings (SSSR count).